The Labute approximate surface area is 199 Å². The molecule has 3 aromatic rings. The number of hydrogen-bond donors (Lipinski definition) is 0. The minimum Gasteiger partial charge on any atom is -0.491 e. The molecule has 4 rings (SSSR count). The maximum absolute atomic E-state index is 13.0. The maximum atomic E-state index is 13.0. The Morgan fingerprint density at radius 3 is 2.65 bits per heavy atom. The van der Waals surface area contributed by atoms with Crippen LogP contribution in [0, 0.1) is 0 Å². The van der Waals surface area contributed by atoms with E-state index in [1.54, 1.807) is 29.2 Å². The Balaban J connectivity index is 1.70. The Kier molecular flexibility index (Phi) is 7.49. The van der Waals surface area contributed by atoms with Gasteiger partial charge >= 0.3 is 0 Å². The van der Waals surface area contributed by atoms with Gasteiger partial charge in [0.05, 0.1) is 6.54 Å². The second-order valence-corrected chi connectivity index (χ2v) is 8.22. The lowest BCUT2D eigenvalue weighted by molar-refractivity contribution is -0.135. The van der Waals surface area contributed by atoms with Crippen molar-refractivity contribution in [3.63, 3.8) is 0 Å². The molecule has 0 fully saturated rings. The van der Waals surface area contributed by atoms with E-state index in [1.807, 2.05) is 36.4 Å². The summed E-state index contributed by atoms with van der Waals surface area (Å²) in [4.78, 5) is 37.1. The number of aromatic nitrogens is 2. The summed E-state index contributed by atoms with van der Waals surface area (Å²) in [5, 5.41) is 0. The molecule has 34 heavy (non-hydrogen) atoms. The van der Waals surface area contributed by atoms with Gasteiger partial charge in [-0.2, -0.15) is 0 Å². The molecule has 0 spiro atoms. The maximum Gasteiger partial charge on any atom is 0.253 e. The number of fused-ring (bicyclic) bond motifs is 3. The summed E-state index contributed by atoms with van der Waals surface area (Å²) < 4.78 is 11.2. The van der Waals surface area contributed by atoms with Crippen molar-refractivity contribution in [3.8, 4) is 16.9 Å². The third kappa shape index (κ3) is 5.58. The van der Waals surface area contributed by atoms with Gasteiger partial charge in [-0.15, -0.1) is 0 Å². The van der Waals surface area contributed by atoms with Gasteiger partial charge < -0.3 is 19.3 Å². The molecule has 2 amide bonds. The molecule has 0 N–H and O–H groups in total. The molecule has 0 atom stereocenters. The first-order valence-corrected chi connectivity index (χ1v) is 11.2. The van der Waals surface area contributed by atoms with Crippen molar-refractivity contribution in [2.45, 2.75) is 6.42 Å². The van der Waals surface area contributed by atoms with E-state index in [0.717, 1.165) is 28.0 Å². The molecule has 1 aromatic heterocycles. The lowest BCUT2D eigenvalue weighted by atomic mass is 9.98. The van der Waals surface area contributed by atoms with Crippen molar-refractivity contribution in [3.05, 3.63) is 77.9 Å². The molecule has 2 aromatic carbocycles. The first kappa shape index (κ1) is 23.4. The number of rotatable bonds is 3. The van der Waals surface area contributed by atoms with Gasteiger partial charge in [-0.3, -0.25) is 9.59 Å². The average Bonchev–Trinajstić information content (AvgIpc) is 2.86. The van der Waals surface area contributed by atoms with Crippen LogP contribution < -0.4 is 4.74 Å². The minimum atomic E-state index is -0.138. The van der Waals surface area contributed by atoms with Crippen LogP contribution in [0.5, 0.6) is 5.75 Å². The zero-order chi connectivity index (χ0) is 23.9. The average molecular weight is 461 g/mol. The molecule has 0 unspecified atom stereocenters. The fraction of sp³-hybridized carbons (Fsp3) is 0.308. The van der Waals surface area contributed by atoms with E-state index in [1.165, 1.54) is 13.4 Å². The predicted octanol–water partition coefficient (Wildman–Crippen LogP) is 2.67. The Morgan fingerprint density at radius 2 is 1.85 bits per heavy atom. The van der Waals surface area contributed by atoms with Gasteiger partial charge in [0.1, 0.15) is 25.3 Å². The number of carbonyl (C=O) groups excluding carboxylic acids is 2. The highest BCUT2D eigenvalue weighted by Gasteiger charge is 2.19. The molecule has 1 aliphatic heterocycles. The second kappa shape index (κ2) is 10.9. The van der Waals surface area contributed by atoms with Crippen LogP contribution in [0.3, 0.4) is 0 Å². The molecule has 0 radical (unpaired) electrons. The van der Waals surface area contributed by atoms with Crippen LogP contribution in [0.15, 0.2) is 61.2 Å². The number of benzene rings is 2. The molecule has 0 saturated carbocycles. The Hall–Kier alpha value is -3.78. The Morgan fingerprint density at radius 1 is 1.03 bits per heavy atom. The third-order valence-electron chi connectivity index (χ3n) is 5.81. The molecule has 1 aliphatic rings. The number of nitrogens with zero attached hydrogens (tertiary/aromatic N) is 4. The molecule has 8 nitrogen and oxygen atoms in total. The normalized spacial score (nSPS) is 14.7. The third-order valence-corrected chi connectivity index (χ3v) is 5.81. The van der Waals surface area contributed by atoms with Gasteiger partial charge in [0, 0.05) is 57.2 Å². The molecule has 2 heterocycles. The predicted molar refractivity (Wildman–Crippen MR) is 128 cm³/mol. The highest BCUT2D eigenvalue weighted by Crippen LogP contribution is 2.28. The van der Waals surface area contributed by atoms with Crippen LogP contribution in [0.4, 0.5) is 0 Å². The summed E-state index contributed by atoms with van der Waals surface area (Å²) in [7, 11) is 3.24. The van der Waals surface area contributed by atoms with Crippen molar-refractivity contribution in [1.82, 2.24) is 19.8 Å². The van der Waals surface area contributed by atoms with E-state index in [0.29, 0.717) is 38.2 Å². The first-order valence-electron chi connectivity index (χ1n) is 11.2. The minimum absolute atomic E-state index is 0.0151. The molecule has 0 aliphatic carbocycles. The molecule has 0 saturated heterocycles. The highest BCUT2D eigenvalue weighted by molar-refractivity contribution is 5.94. The van der Waals surface area contributed by atoms with E-state index in [4.69, 9.17) is 9.47 Å². The van der Waals surface area contributed by atoms with E-state index >= 15 is 0 Å². The number of hydrogen-bond acceptors (Lipinski definition) is 6. The summed E-state index contributed by atoms with van der Waals surface area (Å²) >= 11 is 0. The van der Waals surface area contributed by atoms with Crippen molar-refractivity contribution >= 4 is 11.8 Å². The van der Waals surface area contributed by atoms with Crippen LogP contribution in [0.1, 0.15) is 21.5 Å². The topological polar surface area (TPSA) is 84.9 Å². The van der Waals surface area contributed by atoms with Crippen LogP contribution in [0.25, 0.3) is 11.1 Å². The van der Waals surface area contributed by atoms with E-state index < -0.39 is 0 Å². The number of amides is 2. The molecule has 8 heteroatoms. The van der Waals surface area contributed by atoms with E-state index in [-0.39, 0.29) is 18.4 Å². The van der Waals surface area contributed by atoms with Crippen molar-refractivity contribution in [2.75, 3.05) is 47.0 Å². The lowest BCUT2D eigenvalue weighted by Crippen LogP contribution is -2.42. The van der Waals surface area contributed by atoms with Gasteiger partial charge in [-0.25, -0.2) is 9.97 Å². The molecular weight excluding hydrogens is 432 g/mol. The molecular formula is C26H28N4O4. The van der Waals surface area contributed by atoms with Crippen molar-refractivity contribution in [2.24, 2.45) is 0 Å². The number of carbonyl (C=O) groups is 2. The van der Waals surface area contributed by atoms with Gasteiger partial charge in [0.15, 0.2) is 0 Å². The first-order chi connectivity index (χ1) is 16.5. The van der Waals surface area contributed by atoms with E-state index in [2.05, 4.69) is 16.0 Å². The monoisotopic (exact) mass is 460 g/mol. The standard InChI is InChI=1S/C26H28N4O4/c1-29-8-9-30(25(31)17-33-2)10-11-34-24-7-6-20(23-15-27-18-28-16-23)14-22(24)13-19-4-3-5-21(12-19)26(29)32/h3-7,12,14-16,18H,8-11,13,17H2,1-2H3. The summed E-state index contributed by atoms with van der Waals surface area (Å²) in [5.74, 6) is 0.524. The summed E-state index contributed by atoms with van der Waals surface area (Å²) in [6, 6.07) is 13.6. The van der Waals surface area contributed by atoms with Crippen LogP contribution in [-0.2, 0) is 16.0 Å². The lowest BCUT2D eigenvalue weighted by Gasteiger charge is -2.26. The van der Waals surface area contributed by atoms with E-state index in [9.17, 15) is 9.59 Å². The highest BCUT2D eigenvalue weighted by atomic mass is 16.5. The number of ether oxygens (including phenoxy) is 2. The number of methoxy groups -OCH3 is 1. The van der Waals surface area contributed by atoms with Crippen molar-refractivity contribution in [1.29, 1.82) is 0 Å². The largest absolute Gasteiger partial charge is 0.491 e. The smallest absolute Gasteiger partial charge is 0.253 e. The van der Waals surface area contributed by atoms with Gasteiger partial charge in [-0.1, -0.05) is 18.2 Å². The Bertz CT molecular complexity index is 1150. The summed E-state index contributed by atoms with van der Waals surface area (Å²) in [5.41, 5.74) is 4.49. The van der Waals surface area contributed by atoms with Crippen LogP contribution in [-0.4, -0.2) is 78.6 Å². The van der Waals surface area contributed by atoms with Gasteiger partial charge in [0.2, 0.25) is 5.91 Å². The second-order valence-electron chi connectivity index (χ2n) is 8.22. The zero-order valence-electron chi connectivity index (χ0n) is 19.4. The fourth-order valence-corrected chi connectivity index (χ4v) is 3.95. The molecule has 176 valence electrons. The van der Waals surface area contributed by atoms with Crippen LogP contribution in [0.2, 0.25) is 0 Å². The quantitative estimate of drug-likeness (QED) is 0.598. The zero-order valence-corrected chi connectivity index (χ0v) is 19.4. The summed E-state index contributed by atoms with van der Waals surface area (Å²) in [6.07, 6.45) is 5.64. The van der Waals surface area contributed by atoms with Crippen molar-refractivity contribution < 1.29 is 19.1 Å². The fourth-order valence-electron chi connectivity index (χ4n) is 3.95. The van der Waals surface area contributed by atoms with Gasteiger partial charge in [0.25, 0.3) is 5.91 Å². The van der Waals surface area contributed by atoms with Crippen LogP contribution >= 0.6 is 0 Å². The number of likely N-dealkylation sites (N-methyl/N-ethyl adjacent to an activating group) is 1. The van der Waals surface area contributed by atoms with Gasteiger partial charge in [-0.05, 0) is 41.0 Å². The SMILES string of the molecule is COCC(=O)N1CCOc2ccc(-c3cncnc3)cc2Cc2cccc(c2)C(=O)N(C)CC1. The molecule has 2 bridgehead atoms. The summed E-state index contributed by atoms with van der Waals surface area (Å²) in [6.45, 7) is 1.51.